The number of rotatable bonds is 2. The molecule has 58 valence electrons. The molecular weight excluding hydrogens is 215 g/mol. The fourth-order valence-electron chi connectivity index (χ4n) is 0.716. The van der Waals surface area contributed by atoms with Crippen molar-refractivity contribution >= 4 is 29.2 Å². The number of hydrogen-bond acceptors (Lipinski definition) is 3. The second kappa shape index (κ2) is 7.38. The Hall–Kier alpha value is 0.966. The molecule has 0 unspecified atom stereocenters. The van der Waals surface area contributed by atoms with Crippen LogP contribution in [0.15, 0.2) is 30.3 Å². The normalized spacial score (nSPS) is 8.33. The maximum absolute atomic E-state index is 4.97. The third-order valence-corrected chi connectivity index (χ3v) is 1.44. The van der Waals surface area contributed by atoms with Gasteiger partial charge in [-0.25, -0.2) is 0 Å². The van der Waals surface area contributed by atoms with E-state index < -0.39 is 0 Å². The molecule has 0 N–H and O–H groups in total. The first-order chi connectivity index (χ1) is 5.29. The van der Waals surface area contributed by atoms with Crippen LogP contribution < -0.4 is 51.4 Å². The van der Waals surface area contributed by atoms with Gasteiger partial charge in [0, 0.05) is 4.38 Å². The first-order valence-electron chi connectivity index (χ1n) is 3.17. The Morgan fingerprint density at radius 1 is 1.33 bits per heavy atom. The minimum Gasteiger partial charge on any atom is -0.509 e. The van der Waals surface area contributed by atoms with Gasteiger partial charge in [-0.05, 0) is 5.56 Å². The molecule has 1 nitrogen and oxygen atoms in total. The van der Waals surface area contributed by atoms with Gasteiger partial charge >= 0.3 is 51.4 Å². The van der Waals surface area contributed by atoms with Crippen molar-refractivity contribution in [1.29, 1.82) is 0 Å². The van der Waals surface area contributed by atoms with Crippen LogP contribution >= 0.6 is 12.2 Å². The molecule has 4 heteroatoms. The van der Waals surface area contributed by atoms with Crippen LogP contribution in [-0.2, 0) is 24.0 Å². The summed E-state index contributed by atoms with van der Waals surface area (Å²) in [6.45, 7) is 0.475. The molecule has 0 fully saturated rings. The van der Waals surface area contributed by atoms with E-state index in [0.717, 1.165) is 5.56 Å². The Balaban J connectivity index is 0.00000121. The van der Waals surface area contributed by atoms with Crippen LogP contribution in [0.1, 0.15) is 5.56 Å². The summed E-state index contributed by atoms with van der Waals surface area (Å²) in [4.78, 5) is 0. The molecule has 0 aliphatic rings. The molecule has 12 heavy (non-hydrogen) atoms. The van der Waals surface area contributed by atoms with E-state index in [1.165, 1.54) is 0 Å². The summed E-state index contributed by atoms with van der Waals surface area (Å²) in [5.41, 5.74) is 1.08. The van der Waals surface area contributed by atoms with Crippen LogP contribution in [0, 0.1) is 0 Å². The van der Waals surface area contributed by atoms with Gasteiger partial charge in [0.2, 0.25) is 0 Å². The molecule has 0 aliphatic carbocycles. The van der Waals surface area contributed by atoms with Gasteiger partial charge in [-0.15, -0.1) is 0 Å². The van der Waals surface area contributed by atoms with Crippen LogP contribution in [0.2, 0.25) is 0 Å². The molecule has 0 atom stereocenters. The maximum atomic E-state index is 4.97. The zero-order chi connectivity index (χ0) is 8.10. The van der Waals surface area contributed by atoms with Crippen molar-refractivity contribution in [3.8, 4) is 0 Å². The standard InChI is InChI=1S/C8H8OS2.K/c10-8(11)9-6-7-4-2-1-3-5-7;/h1-5H,6H2,(H,10,11);/q;+1/p-1. The fourth-order valence-corrected chi connectivity index (χ4v) is 0.834. The van der Waals surface area contributed by atoms with Crippen LogP contribution in [0.4, 0.5) is 0 Å². The van der Waals surface area contributed by atoms with Gasteiger partial charge in [0.1, 0.15) is 6.61 Å². The molecule has 1 aromatic rings. The van der Waals surface area contributed by atoms with Gasteiger partial charge in [0.15, 0.2) is 0 Å². The van der Waals surface area contributed by atoms with E-state index >= 15 is 0 Å². The van der Waals surface area contributed by atoms with E-state index in [0.29, 0.717) is 6.61 Å². The van der Waals surface area contributed by atoms with E-state index in [4.69, 9.17) is 4.74 Å². The minimum absolute atomic E-state index is 0. The molecule has 0 heterocycles. The zero-order valence-electron chi connectivity index (χ0n) is 6.82. The molecule has 0 saturated carbocycles. The van der Waals surface area contributed by atoms with Gasteiger partial charge in [-0.2, -0.15) is 0 Å². The maximum Gasteiger partial charge on any atom is 1.00 e. The molecule has 0 aliphatic heterocycles. The van der Waals surface area contributed by atoms with Crippen molar-refractivity contribution < 1.29 is 56.1 Å². The van der Waals surface area contributed by atoms with Crippen molar-refractivity contribution in [3.05, 3.63) is 35.9 Å². The van der Waals surface area contributed by atoms with Gasteiger partial charge in [-0.3, -0.25) is 0 Å². The topological polar surface area (TPSA) is 9.23 Å². The summed E-state index contributed by atoms with van der Waals surface area (Å²) in [7, 11) is 0. The Morgan fingerprint density at radius 3 is 2.42 bits per heavy atom. The Bertz CT molecular complexity index is 238. The summed E-state index contributed by atoms with van der Waals surface area (Å²) in [6.07, 6.45) is 0. The van der Waals surface area contributed by atoms with Crippen molar-refractivity contribution in [2.75, 3.05) is 0 Å². The van der Waals surface area contributed by atoms with Crippen LogP contribution in [0.5, 0.6) is 0 Å². The average Bonchev–Trinajstić information content (AvgIpc) is 2.03. The summed E-state index contributed by atoms with van der Waals surface area (Å²) in [5.74, 6) is 0. The number of benzene rings is 1. The molecule has 0 radical (unpaired) electrons. The monoisotopic (exact) mass is 222 g/mol. The number of thiocarbonyl (C=S) groups is 1. The predicted octanol–water partition coefficient (Wildman–Crippen LogP) is -0.961. The van der Waals surface area contributed by atoms with Gasteiger partial charge in [-0.1, -0.05) is 30.3 Å². The van der Waals surface area contributed by atoms with Crippen molar-refractivity contribution in [3.63, 3.8) is 0 Å². The van der Waals surface area contributed by atoms with E-state index in [1.807, 2.05) is 30.3 Å². The van der Waals surface area contributed by atoms with Crippen LogP contribution in [0.25, 0.3) is 0 Å². The van der Waals surface area contributed by atoms with Gasteiger partial charge in [0.05, 0.1) is 0 Å². The number of hydrogen-bond donors (Lipinski definition) is 0. The second-order valence-corrected chi connectivity index (χ2v) is 3.02. The summed E-state index contributed by atoms with van der Waals surface area (Å²) in [5, 5.41) is 0. The molecule has 0 amide bonds. The van der Waals surface area contributed by atoms with Gasteiger partial charge < -0.3 is 29.6 Å². The average molecular weight is 222 g/mol. The molecule has 1 rings (SSSR count). The Kier molecular flexibility index (Phi) is 7.97. The Morgan fingerprint density at radius 2 is 1.92 bits per heavy atom. The van der Waals surface area contributed by atoms with E-state index in [2.05, 4.69) is 24.8 Å². The van der Waals surface area contributed by atoms with Crippen LogP contribution in [0.3, 0.4) is 0 Å². The van der Waals surface area contributed by atoms with Crippen molar-refractivity contribution in [1.82, 2.24) is 0 Å². The smallest absolute Gasteiger partial charge is 0.509 e. The second-order valence-electron chi connectivity index (χ2n) is 2.02. The molecule has 0 saturated heterocycles. The minimum atomic E-state index is 0. The molecule has 0 bridgehead atoms. The van der Waals surface area contributed by atoms with Crippen molar-refractivity contribution in [2.24, 2.45) is 0 Å². The SMILES string of the molecule is S=C([S-])OCc1ccccc1.[K+]. The third kappa shape index (κ3) is 5.58. The first-order valence-corrected chi connectivity index (χ1v) is 3.98. The number of ether oxygens (including phenoxy) is 1. The van der Waals surface area contributed by atoms with Gasteiger partial charge in [0.25, 0.3) is 0 Å². The van der Waals surface area contributed by atoms with E-state index in [-0.39, 0.29) is 55.8 Å². The summed E-state index contributed by atoms with van der Waals surface area (Å²) in [6, 6.07) is 9.78. The quantitative estimate of drug-likeness (QED) is 0.362. The molecular formula is C8H7KOS2. The summed E-state index contributed by atoms with van der Waals surface area (Å²) < 4.78 is 5.15. The zero-order valence-corrected chi connectivity index (χ0v) is 11.6. The van der Waals surface area contributed by atoms with E-state index in [9.17, 15) is 0 Å². The Labute approximate surface area is 126 Å². The third-order valence-electron chi connectivity index (χ3n) is 1.20. The van der Waals surface area contributed by atoms with Crippen LogP contribution in [-0.4, -0.2) is 4.38 Å². The fraction of sp³-hybridized carbons (Fsp3) is 0.125. The van der Waals surface area contributed by atoms with Crippen molar-refractivity contribution in [2.45, 2.75) is 6.61 Å². The molecule has 0 spiro atoms. The molecule has 1 aromatic carbocycles. The predicted molar refractivity (Wildman–Crippen MR) is 51.2 cm³/mol. The van der Waals surface area contributed by atoms with E-state index in [1.54, 1.807) is 0 Å². The molecule has 0 aromatic heterocycles. The largest absolute Gasteiger partial charge is 1.00 e. The summed E-state index contributed by atoms with van der Waals surface area (Å²) >= 11 is 9.17. The first kappa shape index (κ1) is 13.0.